The standard InChI is InChI=1S/C28H22Br2N2O6/c29-18-15-21(26(34)22(30)16-18)27(24(13-14-25(33)32-36)37-19-9-2-1-3-10-19)38-28(35)31-23-12-6-8-17-7-4-5-11-20(17)23/h1-16,24,27,34,36H,(H,31,35)(H,32,33)/b14-13+/t24-,27-/m0/s1. The summed E-state index contributed by atoms with van der Waals surface area (Å²) in [5, 5.41) is 24.4. The van der Waals surface area contributed by atoms with Crippen LogP contribution in [0.2, 0.25) is 0 Å². The molecule has 0 aliphatic heterocycles. The number of anilines is 1. The van der Waals surface area contributed by atoms with Crippen molar-refractivity contribution in [3.05, 3.63) is 112 Å². The molecule has 194 valence electrons. The van der Waals surface area contributed by atoms with Crippen molar-refractivity contribution in [1.29, 1.82) is 0 Å². The molecule has 0 heterocycles. The normalized spacial score (nSPS) is 12.6. The van der Waals surface area contributed by atoms with Crippen molar-refractivity contribution >= 4 is 60.3 Å². The van der Waals surface area contributed by atoms with Crippen LogP contribution in [0.1, 0.15) is 11.7 Å². The number of hydrogen-bond donors (Lipinski definition) is 4. The Kier molecular flexibility index (Phi) is 9.01. The smallest absolute Gasteiger partial charge is 0.412 e. The number of amides is 2. The Morgan fingerprint density at radius 2 is 1.63 bits per heavy atom. The lowest BCUT2D eigenvalue weighted by molar-refractivity contribution is -0.124. The number of halogens is 2. The Bertz CT molecular complexity index is 1470. The van der Waals surface area contributed by atoms with Crippen molar-refractivity contribution in [2.75, 3.05) is 5.32 Å². The second-order valence-corrected chi connectivity index (χ2v) is 9.80. The second-order valence-electron chi connectivity index (χ2n) is 8.03. The minimum Gasteiger partial charge on any atom is -0.506 e. The van der Waals surface area contributed by atoms with Gasteiger partial charge in [0, 0.05) is 21.5 Å². The van der Waals surface area contributed by atoms with Gasteiger partial charge in [-0.3, -0.25) is 15.3 Å². The maximum absolute atomic E-state index is 13.2. The van der Waals surface area contributed by atoms with Gasteiger partial charge in [0.25, 0.3) is 5.91 Å². The molecular weight excluding hydrogens is 620 g/mol. The van der Waals surface area contributed by atoms with Gasteiger partial charge in [0.1, 0.15) is 11.5 Å². The van der Waals surface area contributed by atoms with E-state index >= 15 is 0 Å². The highest BCUT2D eigenvalue weighted by Crippen LogP contribution is 2.39. The topological polar surface area (TPSA) is 117 Å². The maximum atomic E-state index is 13.2. The number of para-hydroxylation sites is 1. The third kappa shape index (κ3) is 6.71. The Labute approximate surface area is 235 Å². The first-order valence-corrected chi connectivity index (χ1v) is 12.9. The average molecular weight is 642 g/mol. The lowest BCUT2D eigenvalue weighted by Crippen LogP contribution is -2.30. The van der Waals surface area contributed by atoms with Gasteiger partial charge in [-0.25, -0.2) is 10.3 Å². The summed E-state index contributed by atoms with van der Waals surface area (Å²) in [6.07, 6.45) is -0.787. The SMILES string of the molecule is O=C(/C=C/[C@H](Oc1ccccc1)[C@@H](OC(=O)Nc1cccc2ccccc12)c1cc(Br)cc(Br)c1O)NO. The number of hydroxylamine groups is 1. The van der Waals surface area contributed by atoms with E-state index in [-0.39, 0.29) is 11.3 Å². The Balaban J connectivity index is 1.74. The molecule has 4 rings (SSSR count). The van der Waals surface area contributed by atoms with E-state index < -0.39 is 24.2 Å². The molecule has 4 aromatic carbocycles. The monoisotopic (exact) mass is 640 g/mol. The van der Waals surface area contributed by atoms with Gasteiger partial charge in [-0.1, -0.05) is 70.5 Å². The molecule has 0 aliphatic rings. The van der Waals surface area contributed by atoms with Gasteiger partial charge < -0.3 is 14.6 Å². The number of rotatable bonds is 8. The molecule has 0 saturated heterocycles. The van der Waals surface area contributed by atoms with Gasteiger partial charge in [0.15, 0.2) is 12.2 Å². The van der Waals surface area contributed by atoms with Crippen molar-refractivity contribution in [3.63, 3.8) is 0 Å². The zero-order valence-electron chi connectivity index (χ0n) is 19.7. The van der Waals surface area contributed by atoms with Crippen molar-refractivity contribution in [1.82, 2.24) is 5.48 Å². The summed E-state index contributed by atoms with van der Waals surface area (Å²) in [6, 6.07) is 24.9. The van der Waals surface area contributed by atoms with Crippen LogP contribution in [0.4, 0.5) is 10.5 Å². The molecule has 2 amide bonds. The quantitative estimate of drug-likeness (QED) is 0.0948. The highest BCUT2D eigenvalue weighted by molar-refractivity contribution is 9.11. The number of hydrogen-bond acceptors (Lipinski definition) is 6. The van der Waals surface area contributed by atoms with Crippen LogP contribution in [0.5, 0.6) is 11.5 Å². The molecule has 0 aliphatic carbocycles. The molecule has 0 radical (unpaired) electrons. The molecule has 10 heteroatoms. The first kappa shape index (κ1) is 27.2. The molecule has 0 bridgehead atoms. The summed E-state index contributed by atoms with van der Waals surface area (Å²) < 4.78 is 12.9. The highest BCUT2D eigenvalue weighted by atomic mass is 79.9. The van der Waals surface area contributed by atoms with E-state index in [4.69, 9.17) is 14.7 Å². The summed E-state index contributed by atoms with van der Waals surface area (Å²) >= 11 is 6.71. The minimum atomic E-state index is -1.23. The van der Waals surface area contributed by atoms with Crippen molar-refractivity contribution in [3.8, 4) is 11.5 Å². The molecule has 38 heavy (non-hydrogen) atoms. The molecule has 0 unspecified atom stereocenters. The Morgan fingerprint density at radius 1 is 0.921 bits per heavy atom. The van der Waals surface area contributed by atoms with E-state index in [1.165, 1.54) is 11.6 Å². The lowest BCUT2D eigenvalue weighted by atomic mass is 10.0. The summed E-state index contributed by atoms with van der Waals surface area (Å²) in [5.74, 6) is -0.578. The number of fused-ring (bicyclic) bond motifs is 1. The number of carbonyl (C=O) groups is 2. The Hall–Kier alpha value is -3.86. The van der Waals surface area contributed by atoms with E-state index in [0.717, 1.165) is 16.8 Å². The van der Waals surface area contributed by atoms with E-state index in [2.05, 4.69) is 37.2 Å². The summed E-state index contributed by atoms with van der Waals surface area (Å²) in [6.45, 7) is 0. The Morgan fingerprint density at radius 3 is 2.39 bits per heavy atom. The van der Waals surface area contributed by atoms with Gasteiger partial charge in [-0.05, 0) is 57.7 Å². The summed E-state index contributed by atoms with van der Waals surface area (Å²) in [7, 11) is 0. The summed E-state index contributed by atoms with van der Waals surface area (Å²) in [5.41, 5.74) is 2.25. The van der Waals surface area contributed by atoms with Gasteiger partial charge >= 0.3 is 6.09 Å². The second kappa shape index (κ2) is 12.6. The molecule has 2 atom stereocenters. The van der Waals surface area contributed by atoms with Gasteiger partial charge in [-0.15, -0.1) is 0 Å². The number of phenolic OH excluding ortho intramolecular Hbond substituents is 1. The van der Waals surface area contributed by atoms with Crippen molar-refractivity contribution < 1.29 is 29.4 Å². The maximum Gasteiger partial charge on any atom is 0.412 e. The molecule has 0 aromatic heterocycles. The zero-order chi connectivity index (χ0) is 27.1. The van der Waals surface area contributed by atoms with Crippen LogP contribution < -0.4 is 15.5 Å². The van der Waals surface area contributed by atoms with Crippen LogP contribution in [0.3, 0.4) is 0 Å². The van der Waals surface area contributed by atoms with Crippen LogP contribution >= 0.6 is 31.9 Å². The fourth-order valence-electron chi connectivity index (χ4n) is 3.78. The van der Waals surface area contributed by atoms with E-state index in [0.29, 0.717) is 20.4 Å². The van der Waals surface area contributed by atoms with Gasteiger partial charge in [0.05, 0.1) is 10.2 Å². The number of carbonyl (C=O) groups excluding carboxylic acids is 2. The molecule has 0 spiro atoms. The lowest BCUT2D eigenvalue weighted by Gasteiger charge is -2.27. The number of nitrogens with one attached hydrogen (secondary N) is 2. The molecule has 4 N–H and O–H groups in total. The predicted octanol–water partition coefficient (Wildman–Crippen LogP) is 6.87. The molecular formula is C28H22Br2N2O6. The average Bonchev–Trinajstić information content (AvgIpc) is 2.92. The summed E-state index contributed by atoms with van der Waals surface area (Å²) in [4.78, 5) is 25.0. The van der Waals surface area contributed by atoms with E-state index in [9.17, 15) is 14.7 Å². The fraction of sp³-hybridized carbons (Fsp3) is 0.0714. The van der Waals surface area contributed by atoms with Crippen LogP contribution in [0, 0.1) is 0 Å². The molecule has 0 fully saturated rings. The van der Waals surface area contributed by atoms with Crippen molar-refractivity contribution in [2.45, 2.75) is 12.2 Å². The third-order valence-corrected chi connectivity index (χ3v) is 6.55. The van der Waals surface area contributed by atoms with E-state index in [1.54, 1.807) is 48.5 Å². The number of ether oxygens (including phenoxy) is 2. The van der Waals surface area contributed by atoms with Crippen LogP contribution in [-0.4, -0.2) is 28.4 Å². The number of phenols is 1. The first-order chi connectivity index (χ1) is 18.4. The predicted molar refractivity (Wildman–Crippen MR) is 150 cm³/mol. The van der Waals surface area contributed by atoms with Crippen LogP contribution in [0.15, 0.2) is 106 Å². The van der Waals surface area contributed by atoms with Crippen LogP contribution in [-0.2, 0) is 9.53 Å². The zero-order valence-corrected chi connectivity index (χ0v) is 22.8. The fourth-order valence-corrected chi connectivity index (χ4v) is 5.04. The highest BCUT2D eigenvalue weighted by Gasteiger charge is 2.31. The molecule has 4 aromatic rings. The third-order valence-electron chi connectivity index (χ3n) is 5.49. The van der Waals surface area contributed by atoms with Crippen LogP contribution in [0.25, 0.3) is 10.8 Å². The largest absolute Gasteiger partial charge is 0.506 e. The first-order valence-electron chi connectivity index (χ1n) is 11.3. The number of benzene rings is 4. The molecule has 0 saturated carbocycles. The van der Waals surface area contributed by atoms with E-state index in [1.807, 2.05) is 36.4 Å². The van der Waals surface area contributed by atoms with Crippen molar-refractivity contribution in [2.24, 2.45) is 0 Å². The van der Waals surface area contributed by atoms with Gasteiger partial charge in [-0.2, -0.15) is 0 Å². The number of aromatic hydroxyl groups is 1. The molecule has 8 nitrogen and oxygen atoms in total. The van der Waals surface area contributed by atoms with Gasteiger partial charge in [0.2, 0.25) is 0 Å². The minimum absolute atomic E-state index is 0.183.